The molecule has 68 heavy (non-hydrogen) atoms. The molecule has 4 atom stereocenters. The number of aromatic hydroxyl groups is 2. The predicted octanol–water partition coefficient (Wildman–Crippen LogP) is 3.87. The largest absolute Gasteiger partial charge is 0.508 e. The maximum Gasteiger partial charge on any atom is 0.269 e. The summed E-state index contributed by atoms with van der Waals surface area (Å²) in [6.45, 7) is 10.3. The van der Waals surface area contributed by atoms with Gasteiger partial charge in [-0.3, -0.25) is 29.0 Å². The highest BCUT2D eigenvalue weighted by Crippen LogP contribution is 2.28. The topological polar surface area (TPSA) is 237 Å². The predicted molar refractivity (Wildman–Crippen MR) is 260 cm³/mol. The molecule has 0 bridgehead atoms. The lowest BCUT2D eigenvalue weighted by molar-refractivity contribution is -0.142. The molecule has 358 valence electrons. The van der Waals surface area contributed by atoms with E-state index in [-0.39, 0.29) is 85.3 Å². The number of nitrogens with one attached hydrogen (secondary N) is 3. The lowest BCUT2D eigenvalue weighted by Gasteiger charge is -2.37. The first-order valence-electron chi connectivity index (χ1n) is 23.5. The van der Waals surface area contributed by atoms with Gasteiger partial charge in [0.1, 0.15) is 29.3 Å². The van der Waals surface area contributed by atoms with Crippen LogP contribution in [-0.2, 0) is 70.8 Å². The average Bonchev–Trinajstić information content (AvgIpc) is 3.30. The van der Waals surface area contributed by atoms with Crippen LogP contribution >= 0.6 is 0 Å². The quantitative estimate of drug-likeness (QED) is 0.0706. The van der Waals surface area contributed by atoms with Crippen molar-refractivity contribution in [3.05, 3.63) is 156 Å². The molecule has 0 unspecified atom stereocenters. The number of unbranched alkanes of at least 4 members (excludes halogenated alkanes) is 1. The second-order valence-electron chi connectivity index (χ2n) is 18.5. The summed E-state index contributed by atoms with van der Waals surface area (Å²) >= 11 is 0. The number of aromatic nitrogens is 2. The molecule has 3 heterocycles. The van der Waals surface area contributed by atoms with E-state index in [0.29, 0.717) is 50.0 Å². The first kappa shape index (κ1) is 49.1. The van der Waals surface area contributed by atoms with Gasteiger partial charge in [0.2, 0.25) is 23.6 Å². The van der Waals surface area contributed by atoms with Gasteiger partial charge < -0.3 is 47.1 Å². The Balaban J connectivity index is 0.911. The van der Waals surface area contributed by atoms with Gasteiger partial charge in [0.15, 0.2) is 0 Å². The smallest absolute Gasteiger partial charge is 0.269 e. The van der Waals surface area contributed by atoms with Crippen molar-refractivity contribution < 1.29 is 29.4 Å². The summed E-state index contributed by atoms with van der Waals surface area (Å²) in [4.78, 5) is 79.5. The van der Waals surface area contributed by atoms with Crippen LogP contribution in [0.25, 0.3) is 0 Å². The van der Waals surface area contributed by atoms with Gasteiger partial charge in [0.25, 0.3) is 5.56 Å². The van der Waals surface area contributed by atoms with Crippen LogP contribution in [-0.4, -0.2) is 90.9 Å². The fourth-order valence-corrected chi connectivity index (χ4v) is 9.81. The van der Waals surface area contributed by atoms with Crippen LogP contribution in [0.15, 0.2) is 77.6 Å². The van der Waals surface area contributed by atoms with Crippen LogP contribution in [0, 0.1) is 34.6 Å². The second kappa shape index (κ2) is 21.4. The van der Waals surface area contributed by atoms with Crippen LogP contribution in [0.5, 0.6) is 11.5 Å². The molecule has 0 saturated carbocycles. The number of nitrogens with two attached hydrogens (primary N) is 2. The number of hydrogen-bond acceptors (Lipinski definition) is 10. The molecular formula is C53H64N8O7. The molecule has 7 rings (SSSR count). The summed E-state index contributed by atoms with van der Waals surface area (Å²) in [6, 6.07) is 18.8. The standard InChI is InChI=1S/C53H64N8O7/c1-30-20-39(62)21-31(2)41(30)26-43(54)52(67)60-28-37-14-8-6-12-35(37)24-47(60)50(65)56-18-11-10-16-45-34(5)58-46(49(64)59-45)17-19-57-51(66)48-25-36-13-7-9-15-38(36)29-61(48)53(68)44(55)27-42-32(3)22-40(63)23-33(42)4/h6-9,12-15,20-23,43-44,47-48,62-63H,10-11,16-19,24-29,54-55H2,1-5H3,(H,56,65)(H,57,66)(H,59,64)/t43-,44-,47-,48-/m0/s1. The molecule has 0 aliphatic carbocycles. The molecule has 15 heteroatoms. The van der Waals surface area contributed by atoms with Gasteiger partial charge in [-0.2, -0.15) is 0 Å². The summed E-state index contributed by atoms with van der Waals surface area (Å²) < 4.78 is 0. The first-order valence-corrected chi connectivity index (χ1v) is 23.5. The number of aryl methyl sites for hydroxylation is 6. The van der Waals surface area contributed by atoms with E-state index in [1.807, 2.05) is 83.1 Å². The van der Waals surface area contributed by atoms with E-state index in [9.17, 15) is 34.2 Å². The van der Waals surface area contributed by atoms with Crippen molar-refractivity contribution in [3.8, 4) is 11.5 Å². The normalized spacial score (nSPS) is 16.3. The Bertz CT molecular complexity index is 2720. The molecule has 0 fully saturated rings. The highest BCUT2D eigenvalue weighted by Gasteiger charge is 2.38. The molecule has 0 radical (unpaired) electrons. The van der Waals surface area contributed by atoms with Gasteiger partial charge in [-0.15, -0.1) is 0 Å². The number of amides is 4. The van der Waals surface area contributed by atoms with Crippen molar-refractivity contribution >= 4 is 23.6 Å². The highest BCUT2D eigenvalue weighted by molar-refractivity contribution is 5.91. The lowest BCUT2D eigenvalue weighted by atomic mass is 9.91. The van der Waals surface area contributed by atoms with Gasteiger partial charge in [0, 0.05) is 51.1 Å². The van der Waals surface area contributed by atoms with Crippen molar-refractivity contribution in [2.24, 2.45) is 11.5 Å². The average molecular weight is 925 g/mol. The monoisotopic (exact) mass is 924 g/mol. The third-order valence-electron chi connectivity index (χ3n) is 13.6. The van der Waals surface area contributed by atoms with Crippen molar-refractivity contribution in [1.29, 1.82) is 0 Å². The molecular weight excluding hydrogens is 861 g/mol. The van der Waals surface area contributed by atoms with E-state index in [4.69, 9.17) is 11.5 Å². The number of benzene rings is 4. The summed E-state index contributed by atoms with van der Waals surface area (Å²) in [7, 11) is 0. The van der Waals surface area contributed by atoms with E-state index < -0.39 is 24.2 Å². The molecule has 0 spiro atoms. The maximum absolute atomic E-state index is 14.0. The summed E-state index contributed by atoms with van der Waals surface area (Å²) in [5.74, 6) is -0.958. The number of aromatic amines is 1. The molecule has 5 aromatic rings. The number of fused-ring (bicyclic) bond motifs is 2. The van der Waals surface area contributed by atoms with Gasteiger partial charge >= 0.3 is 0 Å². The maximum atomic E-state index is 14.0. The number of H-pyrrole nitrogens is 1. The minimum atomic E-state index is -0.910. The zero-order chi connectivity index (χ0) is 48.8. The van der Waals surface area contributed by atoms with E-state index in [0.717, 1.165) is 55.6 Å². The fraction of sp³-hybridized carbons (Fsp3) is 0.396. The van der Waals surface area contributed by atoms with Crippen molar-refractivity contribution in [2.75, 3.05) is 13.1 Å². The van der Waals surface area contributed by atoms with Crippen molar-refractivity contribution in [1.82, 2.24) is 30.4 Å². The van der Waals surface area contributed by atoms with Gasteiger partial charge in [-0.25, -0.2) is 0 Å². The molecule has 15 nitrogen and oxygen atoms in total. The molecule has 2 aliphatic heterocycles. The molecule has 4 aromatic carbocycles. The minimum Gasteiger partial charge on any atom is -0.508 e. The molecule has 4 amide bonds. The molecule has 9 N–H and O–H groups in total. The number of hydrogen-bond donors (Lipinski definition) is 7. The van der Waals surface area contributed by atoms with Crippen molar-refractivity contribution in [3.63, 3.8) is 0 Å². The molecule has 0 saturated heterocycles. The third-order valence-corrected chi connectivity index (χ3v) is 13.6. The van der Waals surface area contributed by atoms with Crippen molar-refractivity contribution in [2.45, 2.75) is 123 Å². The number of phenolic OH excluding ortho intramolecular Hbond substituents is 2. The van der Waals surface area contributed by atoms with Crippen LogP contribution in [0.1, 0.15) is 85.6 Å². The summed E-state index contributed by atoms with van der Waals surface area (Å²) in [5, 5.41) is 26.0. The third kappa shape index (κ3) is 11.3. The fourth-order valence-electron chi connectivity index (χ4n) is 9.81. The van der Waals surface area contributed by atoms with E-state index in [1.165, 1.54) is 0 Å². The van der Waals surface area contributed by atoms with Crippen LogP contribution in [0.2, 0.25) is 0 Å². The summed E-state index contributed by atoms with van der Waals surface area (Å²) in [6.07, 6.45) is 3.17. The van der Waals surface area contributed by atoms with Gasteiger partial charge in [0.05, 0.1) is 17.8 Å². The zero-order valence-corrected chi connectivity index (χ0v) is 39.7. The Morgan fingerprint density at radius 1 is 0.662 bits per heavy atom. The number of carbonyl (C=O) groups is 4. The number of rotatable bonds is 16. The van der Waals surface area contributed by atoms with Crippen LogP contribution < -0.4 is 27.7 Å². The SMILES string of the molecule is Cc1cc(O)cc(C)c1C[C@H](N)C(=O)N1Cc2ccccc2C[C@H]1C(=O)NCCCCc1[nH]c(=O)c(CCNC(=O)[C@@H]2Cc3ccccc3CN2C(=O)[C@@H](N)Cc2c(C)cc(O)cc2C)nc1C. The molecule has 2 aliphatic rings. The molecule has 1 aromatic heterocycles. The zero-order valence-electron chi connectivity index (χ0n) is 39.7. The Morgan fingerprint density at radius 2 is 1.09 bits per heavy atom. The van der Waals surface area contributed by atoms with Crippen LogP contribution in [0.3, 0.4) is 0 Å². The highest BCUT2D eigenvalue weighted by atomic mass is 16.3. The Morgan fingerprint density at radius 3 is 1.54 bits per heavy atom. The Kier molecular flexibility index (Phi) is 15.5. The van der Waals surface area contributed by atoms with E-state index in [1.54, 1.807) is 34.1 Å². The first-order chi connectivity index (χ1) is 32.5. The number of phenols is 2. The van der Waals surface area contributed by atoms with Gasteiger partial charge in [-0.1, -0.05) is 48.5 Å². The Hall–Kier alpha value is -6.84. The number of nitrogens with zero attached hydrogens (tertiary/aromatic N) is 3. The lowest BCUT2D eigenvalue weighted by Crippen LogP contribution is -2.57. The van der Waals surface area contributed by atoms with E-state index in [2.05, 4.69) is 20.6 Å². The van der Waals surface area contributed by atoms with E-state index >= 15 is 0 Å². The summed E-state index contributed by atoms with van der Waals surface area (Å²) in [5.41, 5.74) is 23.4. The number of carbonyl (C=O) groups excluding carboxylic acids is 4. The minimum absolute atomic E-state index is 0.130. The van der Waals surface area contributed by atoms with Crippen LogP contribution in [0.4, 0.5) is 0 Å². The second-order valence-corrected chi connectivity index (χ2v) is 18.5. The Labute approximate surface area is 397 Å². The van der Waals surface area contributed by atoms with Gasteiger partial charge in [-0.05, 0) is 147 Å².